The molecule has 0 radical (unpaired) electrons. The molecule has 0 saturated heterocycles. The second kappa shape index (κ2) is 2.98. The fraction of sp³-hybridized carbons (Fsp3) is 0.800. The Kier molecular flexibility index (Phi) is 1.99. The van der Waals surface area contributed by atoms with Crippen LogP contribution in [-0.4, -0.2) is 12.1 Å². The molecule has 1 saturated carbocycles. The highest BCUT2D eigenvalue weighted by atomic mass is 15.0. The summed E-state index contributed by atoms with van der Waals surface area (Å²) in [5, 5.41) is 3.68. The van der Waals surface area contributed by atoms with Crippen molar-refractivity contribution < 1.29 is 0 Å². The van der Waals surface area contributed by atoms with E-state index >= 15 is 0 Å². The summed E-state index contributed by atoms with van der Waals surface area (Å²) in [7, 11) is 0. The van der Waals surface area contributed by atoms with Crippen LogP contribution in [0.2, 0.25) is 0 Å². The van der Waals surface area contributed by atoms with Crippen LogP contribution in [0.3, 0.4) is 0 Å². The number of hydrogen-bond acceptors (Lipinski definition) is 1. The van der Waals surface area contributed by atoms with Gasteiger partial charge in [-0.3, -0.25) is 0 Å². The average Bonchev–Trinajstić information content (AvgIpc) is 2.36. The van der Waals surface area contributed by atoms with E-state index in [0.717, 1.165) is 18.0 Å². The maximum absolute atomic E-state index is 3.68. The molecule has 0 aromatic carbocycles. The van der Waals surface area contributed by atoms with E-state index in [2.05, 4.69) is 24.4 Å². The van der Waals surface area contributed by atoms with Crippen LogP contribution >= 0.6 is 0 Å². The molecule has 0 aromatic heterocycles. The first-order chi connectivity index (χ1) is 5.34. The molecule has 2 aliphatic rings. The third-order valence-corrected chi connectivity index (χ3v) is 2.85. The predicted octanol–water partition coefficient (Wildman–Crippen LogP) is 2.09. The molecule has 0 atom stereocenters. The first-order valence-electron chi connectivity index (χ1n) is 4.75. The van der Waals surface area contributed by atoms with Gasteiger partial charge in [0, 0.05) is 12.1 Å². The molecule has 62 valence electrons. The molecule has 0 heterocycles. The van der Waals surface area contributed by atoms with Crippen LogP contribution in [0.1, 0.15) is 32.6 Å². The van der Waals surface area contributed by atoms with E-state index in [1.54, 1.807) is 0 Å². The lowest BCUT2D eigenvalue weighted by Crippen LogP contribution is -2.44. The standard InChI is InChI=1S/C10H17N/c1-8-6-10(7-8)11-9-4-2-3-5-9/h2-3,8-11H,4-7H2,1H3. The minimum Gasteiger partial charge on any atom is -0.311 e. The maximum Gasteiger partial charge on any atom is 0.0139 e. The molecule has 0 bridgehead atoms. The average molecular weight is 151 g/mol. The summed E-state index contributed by atoms with van der Waals surface area (Å²) in [5.74, 6) is 0.974. The lowest BCUT2D eigenvalue weighted by Gasteiger charge is -2.35. The third kappa shape index (κ3) is 1.64. The second-order valence-electron chi connectivity index (χ2n) is 4.08. The van der Waals surface area contributed by atoms with E-state index in [9.17, 15) is 0 Å². The molecule has 0 spiro atoms. The highest BCUT2D eigenvalue weighted by Gasteiger charge is 2.27. The normalized spacial score (nSPS) is 37.5. The van der Waals surface area contributed by atoms with E-state index < -0.39 is 0 Å². The maximum atomic E-state index is 3.68. The lowest BCUT2D eigenvalue weighted by atomic mass is 9.81. The van der Waals surface area contributed by atoms with Gasteiger partial charge in [-0.15, -0.1) is 0 Å². The molecule has 1 fully saturated rings. The van der Waals surface area contributed by atoms with E-state index in [4.69, 9.17) is 0 Å². The van der Waals surface area contributed by atoms with E-state index in [-0.39, 0.29) is 0 Å². The van der Waals surface area contributed by atoms with Crippen molar-refractivity contribution in [1.82, 2.24) is 5.32 Å². The van der Waals surface area contributed by atoms with Crippen LogP contribution in [0.5, 0.6) is 0 Å². The largest absolute Gasteiger partial charge is 0.311 e. The third-order valence-electron chi connectivity index (χ3n) is 2.85. The molecule has 1 nitrogen and oxygen atoms in total. The topological polar surface area (TPSA) is 12.0 Å². The molecule has 0 unspecified atom stereocenters. The van der Waals surface area contributed by atoms with Crippen LogP contribution in [-0.2, 0) is 0 Å². The van der Waals surface area contributed by atoms with Crippen LogP contribution in [0.15, 0.2) is 12.2 Å². The van der Waals surface area contributed by atoms with Gasteiger partial charge in [-0.25, -0.2) is 0 Å². The number of rotatable bonds is 2. The van der Waals surface area contributed by atoms with Crippen LogP contribution in [0.25, 0.3) is 0 Å². The Hall–Kier alpha value is -0.300. The predicted molar refractivity (Wildman–Crippen MR) is 47.5 cm³/mol. The van der Waals surface area contributed by atoms with Gasteiger partial charge in [0.05, 0.1) is 0 Å². The second-order valence-corrected chi connectivity index (χ2v) is 4.08. The molecule has 1 heteroatoms. The van der Waals surface area contributed by atoms with Crippen molar-refractivity contribution in [3.63, 3.8) is 0 Å². The smallest absolute Gasteiger partial charge is 0.0139 e. The van der Waals surface area contributed by atoms with Gasteiger partial charge >= 0.3 is 0 Å². The van der Waals surface area contributed by atoms with E-state index in [0.29, 0.717) is 0 Å². The van der Waals surface area contributed by atoms with Crippen LogP contribution in [0, 0.1) is 5.92 Å². The fourth-order valence-electron chi connectivity index (χ4n) is 2.13. The molecule has 11 heavy (non-hydrogen) atoms. The molecule has 0 aliphatic heterocycles. The fourth-order valence-corrected chi connectivity index (χ4v) is 2.13. The van der Waals surface area contributed by atoms with Gasteiger partial charge in [-0.05, 0) is 31.6 Å². The van der Waals surface area contributed by atoms with Gasteiger partial charge in [0.15, 0.2) is 0 Å². The van der Waals surface area contributed by atoms with Gasteiger partial charge in [0.2, 0.25) is 0 Å². The van der Waals surface area contributed by atoms with Crippen molar-refractivity contribution >= 4 is 0 Å². The first-order valence-corrected chi connectivity index (χ1v) is 4.75. The Labute approximate surface area is 68.9 Å². The molecular weight excluding hydrogens is 134 g/mol. The molecule has 0 amide bonds. The van der Waals surface area contributed by atoms with Gasteiger partial charge in [0.25, 0.3) is 0 Å². The van der Waals surface area contributed by atoms with Crippen molar-refractivity contribution in [1.29, 1.82) is 0 Å². The van der Waals surface area contributed by atoms with Crippen molar-refractivity contribution in [3.05, 3.63) is 12.2 Å². The van der Waals surface area contributed by atoms with Crippen LogP contribution < -0.4 is 5.32 Å². The number of nitrogens with one attached hydrogen (secondary N) is 1. The van der Waals surface area contributed by atoms with Crippen LogP contribution in [0.4, 0.5) is 0 Å². The summed E-state index contributed by atoms with van der Waals surface area (Å²) in [6, 6.07) is 1.61. The lowest BCUT2D eigenvalue weighted by molar-refractivity contribution is 0.224. The zero-order chi connectivity index (χ0) is 7.68. The monoisotopic (exact) mass is 151 g/mol. The first kappa shape index (κ1) is 7.35. The minimum absolute atomic E-state index is 0.771. The summed E-state index contributed by atoms with van der Waals surface area (Å²) in [6.07, 6.45) is 9.89. The van der Waals surface area contributed by atoms with Gasteiger partial charge in [0.1, 0.15) is 0 Å². The summed E-state index contributed by atoms with van der Waals surface area (Å²) in [5.41, 5.74) is 0. The summed E-state index contributed by atoms with van der Waals surface area (Å²) in [6.45, 7) is 2.34. The SMILES string of the molecule is CC1CC(NC2CC=CC2)C1. The van der Waals surface area contributed by atoms with Crippen molar-refractivity contribution in [2.45, 2.75) is 44.7 Å². The minimum atomic E-state index is 0.771. The Morgan fingerprint density at radius 2 is 1.73 bits per heavy atom. The van der Waals surface area contributed by atoms with Gasteiger partial charge in [-0.2, -0.15) is 0 Å². The van der Waals surface area contributed by atoms with E-state index in [1.807, 2.05) is 0 Å². The Morgan fingerprint density at radius 3 is 2.27 bits per heavy atom. The van der Waals surface area contributed by atoms with Gasteiger partial charge < -0.3 is 5.32 Å². The molecular formula is C10H17N. The highest BCUT2D eigenvalue weighted by Crippen LogP contribution is 2.27. The quantitative estimate of drug-likeness (QED) is 0.596. The Bertz CT molecular complexity index is 148. The summed E-state index contributed by atoms with van der Waals surface area (Å²) >= 11 is 0. The number of hydrogen-bond donors (Lipinski definition) is 1. The summed E-state index contributed by atoms with van der Waals surface area (Å²) in [4.78, 5) is 0. The van der Waals surface area contributed by atoms with E-state index in [1.165, 1.54) is 25.7 Å². The zero-order valence-electron chi connectivity index (χ0n) is 7.22. The van der Waals surface area contributed by atoms with Crippen molar-refractivity contribution in [2.24, 2.45) is 5.92 Å². The molecule has 1 N–H and O–H groups in total. The Morgan fingerprint density at radius 1 is 1.09 bits per heavy atom. The zero-order valence-corrected chi connectivity index (χ0v) is 7.22. The molecule has 2 rings (SSSR count). The van der Waals surface area contributed by atoms with Crippen molar-refractivity contribution in [3.8, 4) is 0 Å². The molecule has 2 aliphatic carbocycles. The Balaban J connectivity index is 1.67. The van der Waals surface area contributed by atoms with Crippen molar-refractivity contribution in [2.75, 3.05) is 0 Å². The van der Waals surface area contributed by atoms with Gasteiger partial charge in [-0.1, -0.05) is 19.1 Å². The molecule has 0 aromatic rings. The summed E-state index contributed by atoms with van der Waals surface area (Å²) < 4.78 is 0. The highest BCUT2D eigenvalue weighted by molar-refractivity contribution is 4.99.